The lowest BCUT2D eigenvalue weighted by Crippen LogP contribution is -2.46. The molecule has 0 heterocycles. The summed E-state index contributed by atoms with van der Waals surface area (Å²) in [6.07, 6.45) is 0.941. The molecule has 0 saturated carbocycles. The van der Waals surface area contributed by atoms with E-state index in [1.165, 1.54) is 0 Å². The van der Waals surface area contributed by atoms with Crippen LogP contribution in [0.3, 0.4) is 0 Å². The Morgan fingerprint density at radius 1 is 1.00 bits per heavy atom. The molecule has 6 heteroatoms. The highest BCUT2D eigenvalue weighted by molar-refractivity contribution is 6.60. The van der Waals surface area contributed by atoms with Gasteiger partial charge in [-0.3, -0.25) is 4.99 Å². The average Bonchev–Trinajstić information content (AvgIpc) is 2.35. The third-order valence-electron chi connectivity index (χ3n) is 2.66. The monoisotopic (exact) mass is 304 g/mol. The number of hydrogen-bond donors (Lipinski definition) is 0. The third-order valence-corrected chi connectivity index (χ3v) is 5.81. The van der Waals surface area contributed by atoms with Crippen molar-refractivity contribution < 1.29 is 13.3 Å². The molecule has 0 atom stereocenters. The Labute approximate surface area is 125 Å². The van der Waals surface area contributed by atoms with E-state index in [4.69, 9.17) is 13.3 Å². The van der Waals surface area contributed by atoms with Crippen molar-refractivity contribution in [2.24, 2.45) is 4.99 Å². The average molecular weight is 305 g/mol. The standard InChI is InChI=1S/C14H32N2O3Si/c1-7-17-20(18-8-2,19-9-3)12-10-11-15-14(4)13-16(5)6/h7-13H2,1-6H3. The molecule has 0 unspecified atom stereocenters. The van der Waals surface area contributed by atoms with Gasteiger partial charge in [-0.1, -0.05) is 0 Å². The fraction of sp³-hybridized carbons (Fsp3) is 0.929. The Morgan fingerprint density at radius 2 is 1.50 bits per heavy atom. The van der Waals surface area contributed by atoms with Gasteiger partial charge in [0.25, 0.3) is 0 Å². The van der Waals surface area contributed by atoms with Crippen LogP contribution in [0.4, 0.5) is 0 Å². The Morgan fingerprint density at radius 3 is 1.90 bits per heavy atom. The molecule has 20 heavy (non-hydrogen) atoms. The van der Waals surface area contributed by atoms with Crippen LogP contribution in [-0.4, -0.2) is 66.4 Å². The zero-order chi connectivity index (χ0) is 15.4. The minimum atomic E-state index is -2.48. The maximum Gasteiger partial charge on any atom is 0.500 e. The van der Waals surface area contributed by atoms with Crippen LogP contribution in [0, 0.1) is 0 Å². The predicted molar refractivity (Wildman–Crippen MR) is 86.6 cm³/mol. The Hall–Kier alpha value is -0.273. The second kappa shape index (κ2) is 11.4. The van der Waals surface area contributed by atoms with Gasteiger partial charge in [0.05, 0.1) is 0 Å². The lowest BCUT2D eigenvalue weighted by molar-refractivity contribution is 0.0710. The van der Waals surface area contributed by atoms with Crippen molar-refractivity contribution in [2.45, 2.75) is 40.2 Å². The Bertz CT molecular complexity index is 256. The topological polar surface area (TPSA) is 43.3 Å². The summed E-state index contributed by atoms with van der Waals surface area (Å²) in [6.45, 7) is 11.6. The highest BCUT2D eigenvalue weighted by atomic mass is 28.4. The largest absolute Gasteiger partial charge is 0.500 e. The first-order valence-corrected chi connectivity index (χ1v) is 9.49. The van der Waals surface area contributed by atoms with Crippen LogP contribution in [0.15, 0.2) is 4.99 Å². The summed E-state index contributed by atoms with van der Waals surface area (Å²) in [7, 11) is 1.62. The fourth-order valence-electron chi connectivity index (χ4n) is 2.07. The lowest BCUT2D eigenvalue weighted by atomic mass is 10.4. The molecule has 120 valence electrons. The SMILES string of the molecule is CCO[Si](CCCN=C(C)CN(C)C)(OCC)OCC. The van der Waals surface area contributed by atoms with Crippen LogP contribution >= 0.6 is 0 Å². The van der Waals surface area contributed by atoms with Crippen molar-refractivity contribution in [3.05, 3.63) is 0 Å². The normalized spacial score (nSPS) is 13.2. The van der Waals surface area contributed by atoms with Gasteiger partial charge in [0.15, 0.2) is 0 Å². The molecule has 0 aromatic rings. The summed E-state index contributed by atoms with van der Waals surface area (Å²) < 4.78 is 17.5. The van der Waals surface area contributed by atoms with E-state index >= 15 is 0 Å². The molecular formula is C14H32N2O3Si. The van der Waals surface area contributed by atoms with Crippen LogP contribution in [0.2, 0.25) is 6.04 Å². The molecule has 0 aromatic heterocycles. The third kappa shape index (κ3) is 8.81. The van der Waals surface area contributed by atoms with Crippen molar-refractivity contribution in [2.75, 3.05) is 47.0 Å². The summed E-state index contributed by atoms with van der Waals surface area (Å²) >= 11 is 0. The van der Waals surface area contributed by atoms with Crippen LogP contribution in [0.5, 0.6) is 0 Å². The van der Waals surface area contributed by atoms with Crippen molar-refractivity contribution >= 4 is 14.5 Å². The van der Waals surface area contributed by atoms with Gasteiger partial charge in [0, 0.05) is 44.7 Å². The molecule has 0 fully saturated rings. The molecule has 0 aliphatic heterocycles. The van der Waals surface area contributed by atoms with Gasteiger partial charge in [0.2, 0.25) is 0 Å². The van der Waals surface area contributed by atoms with Crippen LogP contribution < -0.4 is 0 Å². The summed E-state index contributed by atoms with van der Waals surface area (Å²) in [4.78, 5) is 6.70. The van der Waals surface area contributed by atoms with Crippen LogP contribution in [0.25, 0.3) is 0 Å². The van der Waals surface area contributed by atoms with Gasteiger partial charge in [-0.05, 0) is 48.2 Å². The maximum absolute atomic E-state index is 5.82. The highest BCUT2D eigenvalue weighted by Crippen LogP contribution is 2.18. The first-order chi connectivity index (χ1) is 9.49. The first-order valence-electron chi connectivity index (χ1n) is 7.56. The molecule has 0 rings (SSSR count). The van der Waals surface area contributed by atoms with Crippen LogP contribution in [-0.2, 0) is 13.3 Å². The zero-order valence-electron chi connectivity index (χ0n) is 14.1. The van der Waals surface area contributed by atoms with Gasteiger partial charge in [0.1, 0.15) is 0 Å². The molecule has 0 amide bonds. The van der Waals surface area contributed by atoms with Crippen molar-refractivity contribution in [3.8, 4) is 0 Å². The minimum absolute atomic E-state index is 0.634. The van der Waals surface area contributed by atoms with E-state index in [9.17, 15) is 0 Å². The number of nitrogens with zero attached hydrogens (tertiary/aromatic N) is 2. The summed E-state index contributed by atoms with van der Waals surface area (Å²) in [5.74, 6) is 0. The van der Waals surface area contributed by atoms with E-state index in [1.54, 1.807) is 0 Å². The molecule has 0 aromatic carbocycles. The highest BCUT2D eigenvalue weighted by Gasteiger charge is 2.39. The first kappa shape index (κ1) is 19.7. The van der Waals surface area contributed by atoms with Gasteiger partial charge >= 0.3 is 8.80 Å². The summed E-state index contributed by atoms with van der Waals surface area (Å²) in [5.41, 5.74) is 1.16. The molecule has 0 bridgehead atoms. The molecular weight excluding hydrogens is 272 g/mol. The Balaban J connectivity index is 4.31. The fourth-order valence-corrected chi connectivity index (χ4v) is 4.67. The summed E-state index contributed by atoms with van der Waals surface area (Å²) in [6, 6.07) is 0.835. The molecule has 0 N–H and O–H groups in total. The van der Waals surface area contributed by atoms with Crippen molar-refractivity contribution in [1.29, 1.82) is 0 Å². The van der Waals surface area contributed by atoms with E-state index in [1.807, 2.05) is 20.8 Å². The molecule has 0 saturated heterocycles. The van der Waals surface area contributed by atoms with Crippen molar-refractivity contribution in [3.63, 3.8) is 0 Å². The molecule has 0 radical (unpaired) electrons. The molecule has 0 aliphatic rings. The van der Waals surface area contributed by atoms with Gasteiger partial charge < -0.3 is 18.2 Å². The second-order valence-corrected chi connectivity index (χ2v) is 7.67. The predicted octanol–water partition coefficient (Wildman–Crippen LogP) is 2.45. The van der Waals surface area contributed by atoms with E-state index in [2.05, 4.69) is 30.9 Å². The number of rotatable bonds is 12. The summed E-state index contributed by atoms with van der Waals surface area (Å²) in [5, 5.41) is 0. The lowest BCUT2D eigenvalue weighted by Gasteiger charge is -2.28. The quantitative estimate of drug-likeness (QED) is 0.315. The van der Waals surface area contributed by atoms with E-state index in [0.717, 1.165) is 31.3 Å². The van der Waals surface area contributed by atoms with Gasteiger partial charge in [-0.15, -0.1) is 0 Å². The van der Waals surface area contributed by atoms with Crippen LogP contribution in [0.1, 0.15) is 34.1 Å². The maximum atomic E-state index is 5.82. The van der Waals surface area contributed by atoms with Gasteiger partial charge in [-0.2, -0.15) is 0 Å². The smallest absolute Gasteiger partial charge is 0.374 e. The van der Waals surface area contributed by atoms with E-state index in [-0.39, 0.29) is 0 Å². The zero-order valence-corrected chi connectivity index (χ0v) is 15.1. The molecule has 5 nitrogen and oxygen atoms in total. The number of hydrogen-bond acceptors (Lipinski definition) is 5. The number of aliphatic imine (C=N–C) groups is 1. The van der Waals surface area contributed by atoms with E-state index in [0.29, 0.717) is 19.8 Å². The minimum Gasteiger partial charge on any atom is -0.374 e. The van der Waals surface area contributed by atoms with Gasteiger partial charge in [-0.25, -0.2) is 0 Å². The Kier molecular flexibility index (Phi) is 11.2. The van der Waals surface area contributed by atoms with E-state index < -0.39 is 8.80 Å². The van der Waals surface area contributed by atoms with Crippen molar-refractivity contribution in [1.82, 2.24) is 4.90 Å². The second-order valence-electron chi connectivity index (χ2n) is 4.94. The molecule has 0 aliphatic carbocycles. The molecule has 0 spiro atoms.